The summed E-state index contributed by atoms with van der Waals surface area (Å²) in [6.07, 6.45) is 1.47. The van der Waals surface area contributed by atoms with Crippen LogP contribution < -0.4 is 5.32 Å². The Labute approximate surface area is 103 Å². The van der Waals surface area contributed by atoms with Crippen LogP contribution in [-0.4, -0.2) is 27.2 Å². The number of carbonyl (C=O) groups excluding carboxylic acids is 1. The average Bonchev–Trinajstić information content (AvgIpc) is 2.85. The number of carbonyl (C=O) groups is 2. The van der Waals surface area contributed by atoms with E-state index in [1.807, 2.05) is 0 Å². The van der Waals surface area contributed by atoms with Gasteiger partial charge in [-0.3, -0.25) is 9.89 Å². The van der Waals surface area contributed by atoms with Gasteiger partial charge in [0.15, 0.2) is 0 Å². The van der Waals surface area contributed by atoms with E-state index in [0.717, 1.165) is 0 Å². The maximum absolute atomic E-state index is 11.8. The van der Waals surface area contributed by atoms with E-state index < -0.39 is 5.97 Å². The number of amides is 1. The van der Waals surface area contributed by atoms with Crippen molar-refractivity contribution in [2.45, 2.75) is 6.92 Å². The first-order chi connectivity index (χ1) is 8.59. The molecule has 0 spiro atoms. The van der Waals surface area contributed by atoms with Crippen molar-refractivity contribution in [3.05, 3.63) is 47.3 Å². The largest absolute Gasteiger partial charge is 0.478 e. The number of nitrogens with one attached hydrogen (secondary N) is 2. The van der Waals surface area contributed by atoms with E-state index >= 15 is 0 Å². The van der Waals surface area contributed by atoms with Crippen LogP contribution >= 0.6 is 0 Å². The lowest BCUT2D eigenvalue weighted by atomic mass is 10.1. The average molecular weight is 245 g/mol. The molecule has 6 heteroatoms. The highest BCUT2D eigenvalue weighted by Crippen LogP contribution is 2.19. The fourth-order valence-electron chi connectivity index (χ4n) is 1.57. The SMILES string of the molecule is Cc1c(NC(=O)c2ccn[nH]2)cccc1C(=O)O. The van der Waals surface area contributed by atoms with Gasteiger partial charge in [-0.25, -0.2) is 4.79 Å². The molecule has 0 aliphatic heterocycles. The molecule has 0 saturated heterocycles. The summed E-state index contributed by atoms with van der Waals surface area (Å²) < 4.78 is 0. The molecule has 0 fully saturated rings. The molecule has 2 aromatic rings. The molecule has 92 valence electrons. The van der Waals surface area contributed by atoms with Crippen LogP contribution in [0.2, 0.25) is 0 Å². The van der Waals surface area contributed by atoms with Crippen molar-refractivity contribution in [3.63, 3.8) is 0 Å². The zero-order chi connectivity index (χ0) is 13.1. The Morgan fingerprint density at radius 1 is 1.33 bits per heavy atom. The molecule has 18 heavy (non-hydrogen) atoms. The first-order valence-corrected chi connectivity index (χ1v) is 5.23. The van der Waals surface area contributed by atoms with E-state index in [1.165, 1.54) is 18.3 Å². The van der Waals surface area contributed by atoms with Gasteiger partial charge in [0.1, 0.15) is 5.69 Å². The van der Waals surface area contributed by atoms with Crippen molar-refractivity contribution < 1.29 is 14.7 Å². The van der Waals surface area contributed by atoms with Crippen LogP contribution in [0.15, 0.2) is 30.5 Å². The number of nitrogens with zero attached hydrogens (tertiary/aromatic N) is 1. The van der Waals surface area contributed by atoms with E-state index in [1.54, 1.807) is 19.1 Å². The molecule has 0 aliphatic carbocycles. The van der Waals surface area contributed by atoms with E-state index in [0.29, 0.717) is 16.9 Å². The van der Waals surface area contributed by atoms with Gasteiger partial charge in [0, 0.05) is 11.9 Å². The second-order valence-electron chi connectivity index (χ2n) is 3.71. The monoisotopic (exact) mass is 245 g/mol. The second-order valence-corrected chi connectivity index (χ2v) is 3.71. The lowest BCUT2D eigenvalue weighted by Gasteiger charge is -2.09. The highest BCUT2D eigenvalue weighted by atomic mass is 16.4. The molecule has 1 aromatic heterocycles. The normalized spacial score (nSPS) is 10.1. The highest BCUT2D eigenvalue weighted by Gasteiger charge is 2.13. The lowest BCUT2D eigenvalue weighted by molar-refractivity contribution is 0.0695. The molecule has 1 amide bonds. The van der Waals surface area contributed by atoms with Crippen molar-refractivity contribution >= 4 is 17.6 Å². The number of hydrogen-bond acceptors (Lipinski definition) is 3. The molecule has 0 radical (unpaired) electrons. The van der Waals surface area contributed by atoms with Crippen LogP contribution in [-0.2, 0) is 0 Å². The molecule has 2 rings (SSSR count). The fourth-order valence-corrected chi connectivity index (χ4v) is 1.57. The summed E-state index contributed by atoms with van der Waals surface area (Å²) in [6.45, 7) is 1.64. The molecule has 1 aromatic carbocycles. The Morgan fingerprint density at radius 2 is 2.11 bits per heavy atom. The van der Waals surface area contributed by atoms with Gasteiger partial charge in [0.2, 0.25) is 0 Å². The molecule has 1 heterocycles. The summed E-state index contributed by atoms with van der Waals surface area (Å²) in [5.74, 6) is -1.39. The van der Waals surface area contributed by atoms with Gasteiger partial charge in [-0.15, -0.1) is 0 Å². The number of carboxylic acid groups (broad SMARTS) is 1. The van der Waals surface area contributed by atoms with Crippen molar-refractivity contribution in [1.82, 2.24) is 10.2 Å². The smallest absolute Gasteiger partial charge is 0.336 e. The predicted octanol–water partition coefficient (Wildman–Crippen LogP) is 1.67. The molecule has 0 aliphatic rings. The van der Waals surface area contributed by atoms with Crippen LogP contribution in [0.5, 0.6) is 0 Å². The van der Waals surface area contributed by atoms with Gasteiger partial charge < -0.3 is 10.4 Å². The summed E-state index contributed by atoms with van der Waals surface area (Å²) in [5.41, 5.74) is 1.46. The van der Waals surface area contributed by atoms with Gasteiger partial charge in [0.25, 0.3) is 5.91 Å². The summed E-state index contributed by atoms with van der Waals surface area (Å²) in [5, 5.41) is 17.8. The van der Waals surface area contributed by atoms with Gasteiger partial charge >= 0.3 is 5.97 Å². The lowest BCUT2D eigenvalue weighted by Crippen LogP contribution is -2.14. The van der Waals surface area contributed by atoms with Crippen LogP contribution in [0.3, 0.4) is 0 Å². The molecule has 6 nitrogen and oxygen atoms in total. The van der Waals surface area contributed by atoms with Gasteiger partial charge in [0.05, 0.1) is 5.56 Å². The number of aromatic amines is 1. The quantitative estimate of drug-likeness (QED) is 0.766. The fraction of sp³-hybridized carbons (Fsp3) is 0.0833. The maximum atomic E-state index is 11.8. The number of H-pyrrole nitrogens is 1. The summed E-state index contributed by atoms with van der Waals surface area (Å²) in [7, 11) is 0. The predicted molar refractivity (Wildman–Crippen MR) is 64.7 cm³/mol. The van der Waals surface area contributed by atoms with Crippen LogP contribution in [0, 0.1) is 6.92 Å². The van der Waals surface area contributed by atoms with Crippen molar-refractivity contribution in [2.75, 3.05) is 5.32 Å². The van der Waals surface area contributed by atoms with E-state index in [2.05, 4.69) is 15.5 Å². The first-order valence-electron chi connectivity index (χ1n) is 5.23. The number of aromatic nitrogens is 2. The van der Waals surface area contributed by atoms with Crippen molar-refractivity contribution in [2.24, 2.45) is 0 Å². The highest BCUT2D eigenvalue weighted by molar-refractivity contribution is 6.04. The van der Waals surface area contributed by atoms with Crippen LogP contribution in [0.1, 0.15) is 26.4 Å². The van der Waals surface area contributed by atoms with Crippen molar-refractivity contribution in [3.8, 4) is 0 Å². The molecular weight excluding hydrogens is 234 g/mol. The topological polar surface area (TPSA) is 95.1 Å². The third-order valence-corrected chi connectivity index (χ3v) is 2.56. The van der Waals surface area contributed by atoms with Gasteiger partial charge in [-0.1, -0.05) is 6.07 Å². The van der Waals surface area contributed by atoms with Crippen molar-refractivity contribution in [1.29, 1.82) is 0 Å². The second kappa shape index (κ2) is 4.70. The van der Waals surface area contributed by atoms with E-state index in [9.17, 15) is 9.59 Å². The third kappa shape index (κ3) is 2.22. The Kier molecular flexibility index (Phi) is 3.09. The Bertz CT molecular complexity index is 591. The zero-order valence-electron chi connectivity index (χ0n) is 9.60. The molecule has 0 saturated carbocycles. The zero-order valence-corrected chi connectivity index (χ0v) is 9.60. The molecule has 3 N–H and O–H groups in total. The Hall–Kier alpha value is -2.63. The number of anilines is 1. The Morgan fingerprint density at radius 3 is 2.72 bits per heavy atom. The number of carboxylic acids is 1. The number of hydrogen-bond donors (Lipinski definition) is 3. The molecule has 0 unspecified atom stereocenters. The Balaban J connectivity index is 2.27. The molecule has 0 bridgehead atoms. The molecule has 0 atom stereocenters. The third-order valence-electron chi connectivity index (χ3n) is 2.56. The van der Waals surface area contributed by atoms with Crippen LogP contribution in [0.4, 0.5) is 5.69 Å². The van der Waals surface area contributed by atoms with Gasteiger partial charge in [-0.05, 0) is 30.7 Å². The first kappa shape index (κ1) is 11.8. The minimum absolute atomic E-state index is 0.164. The number of benzene rings is 1. The van der Waals surface area contributed by atoms with Gasteiger partial charge in [-0.2, -0.15) is 5.10 Å². The van der Waals surface area contributed by atoms with Crippen LogP contribution in [0.25, 0.3) is 0 Å². The summed E-state index contributed by atoms with van der Waals surface area (Å²) in [4.78, 5) is 22.7. The maximum Gasteiger partial charge on any atom is 0.336 e. The summed E-state index contributed by atoms with van der Waals surface area (Å²) in [6, 6.07) is 6.25. The standard InChI is InChI=1S/C12H11N3O3/c1-7-8(12(17)18)3-2-4-9(7)14-11(16)10-5-6-13-15-10/h2-6H,1H3,(H,13,15)(H,14,16)(H,17,18). The number of rotatable bonds is 3. The summed E-state index contributed by atoms with van der Waals surface area (Å²) >= 11 is 0. The molecular formula is C12H11N3O3. The van der Waals surface area contributed by atoms with E-state index in [-0.39, 0.29) is 11.5 Å². The minimum atomic E-state index is -1.02. The van der Waals surface area contributed by atoms with E-state index in [4.69, 9.17) is 5.11 Å². The minimum Gasteiger partial charge on any atom is -0.478 e. The number of aromatic carboxylic acids is 1.